The lowest BCUT2D eigenvalue weighted by atomic mass is 10.3. The lowest BCUT2D eigenvalue weighted by Crippen LogP contribution is -2.28. The zero-order valence-corrected chi connectivity index (χ0v) is 12.6. The van der Waals surface area contributed by atoms with Gasteiger partial charge in [-0.25, -0.2) is 9.78 Å². The predicted molar refractivity (Wildman–Crippen MR) is 78.8 cm³/mol. The summed E-state index contributed by atoms with van der Waals surface area (Å²) < 4.78 is 0. The molecule has 1 fully saturated rings. The van der Waals surface area contributed by atoms with Crippen LogP contribution in [-0.2, 0) is 14.4 Å². The van der Waals surface area contributed by atoms with Gasteiger partial charge in [0.1, 0.15) is 5.03 Å². The first-order chi connectivity index (χ1) is 9.75. The quantitative estimate of drug-likeness (QED) is 0.570. The molecule has 20 heavy (non-hydrogen) atoms. The van der Waals surface area contributed by atoms with Gasteiger partial charge in [-0.1, -0.05) is 16.9 Å². The molecule has 1 amide bonds. The highest BCUT2D eigenvalue weighted by Crippen LogP contribution is 2.29. The van der Waals surface area contributed by atoms with Crippen molar-refractivity contribution < 1.29 is 14.4 Å². The number of rotatable bonds is 7. The fourth-order valence-electron chi connectivity index (χ4n) is 1.66. The van der Waals surface area contributed by atoms with Crippen molar-refractivity contribution in [3.05, 3.63) is 24.4 Å². The molecule has 0 N–H and O–H groups in total. The number of aromatic nitrogens is 1. The summed E-state index contributed by atoms with van der Waals surface area (Å²) in [6.45, 7) is 0.523. The van der Waals surface area contributed by atoms with Crippen LogP contribution in [0.2, 0.25) is 0 Å². The molecule has 0 saturated carbocycles. The number of nitrogens with zero attached hydrogens (tertiary/aromatic N) is 2. The van der Waals surface area contributed by atoms with Crippen molar-refractivity contribution in [1.29, 1.82) is 0 Å². The van der Waals surface area contributed by atoms with E-state index in [1.807, 2.05) is 18.2 Å². The summed E-state index contributed by atoms with van der Waals surface area (Å²) in [6, 6.07) is 5.77. The maximum absolute atomic E-state index is 11.5. The summed E-state index contributed by atoms with van der Waals surface area (Å²) in [6.07, 6.45) is 4.06. The molecule has 0 spiro atoms. The lowest BCUT2D eigenvalue weighted by molar-refractivity contribution is -0.192. The molecule has 0 radical (unpaired) electrons. The van der Waals surface area contributed by atoms with Crippen LogP contribution in [0.4, 0.5) is 0 Å². The molecule has 1 aromatic rings. The minimum atomic E-state index is -0.330. The van der Waals surface area contributed by atoms with Crippen molar-refractivity contribution >= 4 is 33.5 Å². The average Bonchev–Trinajstić information content (AvgIpc) is 2.85. The molecule has 2 heterocycles. The van der Waals surface area contributed by atoms with Gasteiger partial charge in [-0.2, -0.15) is 5.06 Å². The third-order valence-electron chi connectivity index (χ3n) is 2.63. The number of carbonyl (C=O) groups is 2. The predicted octanol–water partition coefficient (Wildman–Crippen LogP) is 2.68. The minimum absolute atomic E-state index is 0.0987. The van der Waals surface area contributed by atoms with Gasteiger partial charge in [-0.15, -0.1) is 0 Å². The van der Waals surface area contributed by atoms with E-state index < -0.39 is 0 Å². The van der Waals surface area contributed by atoms with Crippen molar-refractivity contribution in [3.8, 4) is 0 Å². The lowest BCUT2D eigenvalue weighted by Gasteiger charge is -2.14. The Kier molecular flexibility index (Phi) is 6.20. The molecule has 0 bridgehead atoms. The number of pyridine rings is 1. The monoisotopic (exact) mass is 312 g/mol. The topological polar surface area (TPSA) is 59.5 Å². The Morgan fingerprint density at radius 3 is 3.05 bits per heavy atom. The molecule has 0 atom stereocenters. The van der Waals surface area contributed by atoms with Gasteiger partial charge in [0.15, 0.2) is 0 Å². The van der Waals surface area contributed by atoms with Gasteiger partial charge >= 0.3 is 5.97 Å². The number of hydroxylamine groups is 2. The second-order valence-electron chi connectivity index (χ2n) is 4.24. The van der Waals surface area contributed by atoms with E-state index in [1.54, 1.807) is 27.8 Å². The largest absolute Gasteiger partial charge is 0.338 e. The Balaban J connectivity index is 1.54. The van der Waals surface area contributed by atoms with Gasteiger partial charge in [-0.3, -0.25) is 4.79 Å². The molecule has 0 aliphatic carbocycles. The standard InChI is InChI=1S/C13H16N2O3S2/c16-12-6-3-9-15(12)18-13(17)7-4-10-19-20-11-5-1-2-8-14-11/h1-2,5,8H,3-4,6-7,9-10H2. The van der Waals surface area contributed by atoms with Crippen LogP contribution in [0.3, 0.4) is 0 Å². The van der Waals surface area contributed by atoms with Crippen LogP contribution in [0.1, 0.15) is 25.7 Å². The fourth-order valence-corrected chi connectivity index (χ4v) is 3.63. The molecule has 108 valence electrons. The van der Waals surface area contributed by atoms with Gasteiger partial charge in [-0.05, 0) is 35.8 Å². The molecule has 7 heteroatoms. The second kappa shape index (κ2) is 8.16. The highest BCUT2D eigenvalue weighted by Gasteiger charge is 2.23. The first-order valence-electron chi connectivity index (χ1n) is 6.47. The summed E-state index contributed by atoms with van der Waals surface area (Å²) in [7, 11) is 3.25. The van der Waals surface area contributed by atoms with Crippen LogP contribution in [0.5, 0.6) is 0 Å². The van der Waals surface area contributed by atoms with E-state index in [4.69, 9.17) is 4.84 Å². The third-order valence-corrected chi connectivity index (χ3v) is 4.98. The van der Waals surface area contributed by atoms with Crippen molar-refractivity contribution in [1.82, 2.24) is 10.0 Å². The maximum atomic E-state index is 11.5. The van der Waals surface area contributed by atoms with E-state index in [-0.39, 0.29) is 11.9 Å². The van der Waals surface area contributed by atoms with Crippen molar-refractivity contribution in [2.45, 2.75) is 30.7 Å². The third kappa shape index (κ3) is 5.05. The maximum Gasteiger partial charge on any atom is 0.332 e. The minimum Gasteiger partial charge on any atom is -0.338 e. The molecule has 0 unspecified atom stereocenters. The molecule has 1 aliphatic rings. The first-order valence-corrected chi connectivity index (χ1v) is 8.79. The number of hydrogen-bond donors (Lipinski definition) is 0. The number of amides is 1. The molecule has 0 aromatic carbocycles. The highest BCUT2D eigenvalue weighted by molar-refractivity contribution is 8.76. The van der Waals surface area contributed by atoms with E-state index in [9.17, 15) is 9.59 Å². The van der Waals surface area contributed by atoms with E-state index in [0.717, 1.165) is 23.6 Å². The Hall–Kier alpha value is -1.21. The smallest absolute Gasteiger partial charge is 0.332 e. The second-order valence-corrected chi connectivity index (χ2v) is 6.68. The van der Waals surface area contributed by atoms with Crippen LogP contribution in [0, 0.1) is 0 Å². The molecule has 1 aromatic heterocycles. The molecular weight excluding hydrogens is 296 g/mol. The van der Waals surface area contributed by atoms with Gasteiger partial charge in [0.25, 0.3) is 5.91 Å². The Bertz CT molecular complexity index is 456. The van der Waals surface area contributed by atoms with E-state index >= 15 is 0 Å². The fraction of sp³-hybridized carbons (Fsp3) is 0.462. The Morgan fingerprint density at radius 1 is 1.45 bits per heavy atom. The summed E-state index contributed by atoms with van der Waals surface area (Å²) in [5.41, 5.74) is 0. The first kappa shape index (κ1) is 15.2. The number of hydrogen-bond acceptors (Lipinski definition) is 6. The molecule has 1 saturated heterocycles. The van der Waals surface area contributed by atoms with Gasteiger partial charge in [0, 0.05) is 24.8 Å². The van der Waals surface area contributed by atoms with Gasteiger partial charge < -0.3 is 4.84 Å². The highest BCUT2D eigenvalue weighted by atomic mass is 33.1. The van der Waals surface area contributed by atoms with E-state index in [1.165, 1.54) is 5.06 Å². The summed E-state index contributed by atoms with van der Waals surface area (Å²) in [4.78, 5) is 32.0. The van der Waals surface area contributed by atoms with Crippen molar-refractivity contribution in [2.24, 2.45) is 0 Å². The summed E-state index contributed by atoms with van der Waals surface area (Å²) >= 11 is 0. The molecule has 5 nitrogen and oxygen atoms in total. The SMILES string of the molecule is O=C(CCCSSc1ccccn1)ON1CCCC1=O. The number of carbonyl (C=O) groups excluding carboxylic acids is 2. The zero-order valence-electron chi connectivity index (χ0n) is 11.0. The van der Waals surface area contributed by atoms with Crippen LogP contribution < -0.4 is 0 Å². The molecule has 1 aliphatic heterocycles. The van der Waals surface area contributed by atoms with Gasteiger partial charge in [0.2, 0.25) is 0 Å². The summed E-state index contributed by atoms with van der Waals surface area (Å²) in [5, 5.41) is 2.14. The van der Waals surface area contributed by atoms with Crippen LogP contribution in [0.25, 0.3) is 0 Å². The van der Waals surface area contributed by atoms with Crippen molar-refractivity contribution in [3.63, 3.8) is 0 Å². The van der Waals surface area contributed by atoms with Crippen LogP contribution in [-0.4, -0.2) is 34.2 Å². The van der Waals surface area contributed by atoms with E-state index in [0.29, 0.717) is 19.4 Å². The van der Waals surface area contributed by atoms with Crippen LogP contribution >= 0.6 is 21.6 Å². The normalized spacial score (nSPS) is 14.6. The average molecular weight is 312 g/mol. The Morgan fingerprint density at radius 2 is 2.35 bits per heavy atom. The molecule has 2 rings (SSSR count). The van der Waals surface area contributed by atoms with Gasteiger partial charge in [0.05, 0.1) is 6.54 Å². The summed E-state index contributed by atoms with van der Waals surface area (Å²) in [5.74, 6) is 0.409. The van der Waals surface area contributed by atoms with E-state index in [2.05, 4.69) is 4.98 Å². The molecular formula is C13H16N2O3S2. The zero-order chi connectivity index (χ0) is 14.2. The van der Waals surface area contributed by atoms with Crippen molar-refractivity contribution in [2.75, 3.05) is 12.3 Å². The van der Waals surface area contributed by atoms with Crippen LogP contribution in [0.15, 0.2) is 29.4 Å². The Labute approximate surface area is 125 Å².